The van der Waals surface area contributed by atoms with E-state index in [0.29, 0.717) is 5.75 Å². The Morgan fingerprint density at radius 2 is 1.05 bits per heavy atom. The third kappa shape index (κ3) is 5.70. The van der Waals surface area contributed by atoms with Crippen LogP contribution in [-0.4, -0.2) is 5.11 Å². The van der Waals surface area contributed by atoms with Crippen LogP contribution in [0.4, 0.5) is 0 Å². The Kier molecular flexibility index (Phi) is 8.52. The zero-order chi connectivity index (χ0) is 28.2. The molecule has 1 unspecified atom stereocenters. The van der Waals surface area contributed by atoms with Gasteiger partial charge in [-0.05, 0) is 91.3 Å². The second-order valence-corrected chi connectivity index (χ2v) is 13.3. The molecule has 0 radical (unpaired) electrons. The second kappa shape index (κ2) is 12.4. The molecule has 1 N–H and O–H groups in total. The minimum atomic E-state index is -0.322. The highest BCUT2D eigenvalue weighted by Crippen LogP contribution is 2.55. The molecule has 0 spiro atoms. The minimum absolute atomic E-state index is 0.234. The van der Waals surface area contributed by atoms with Crippen molar-refractivity contribution >= 4 is 0 Å². The molecule has 0 saturated heterocycles. The van der Waals surface area contributed by atoms with Gasteiger partial charge in [0.05, 0.1) is 0 Å². The first-order valence-electron chi connectivity index (χ1n) is 16.5. The monoisotopic (exact) mass is 544 g/mol. The number of phenolic OH excluding ortho intramolecular Hbond substituents is 1. The van der Waals surface area contributed by atoms with E-state index in [1.807, 2.05) is 0 Å². The van der Waals surface area contributed by atoms with E-state index in [9.17, 15) is 5.11 Å². The molecule has 0 amide bonds. The Bertz CT molecular complexity index is 1410. The van der Waals surface area contributed by atoms with E-state index in [4.69, 9.17) is 0 Å². The lowest BCUT2D eigenvalue weighted by molar-refractivity contribution is 0.444. The highest BCUT2D eigenvalue weighted by Gasteiger charge is 2.38. The molecule has 3 aromatic carbocycles. The lowest BCUT2D eigenvalue weighted by atomic mass is 9.73. The molecular weight excluding hydrogens is 496 g/mol. The van der Waals surface area contributed by atoms with Gasteiger partial charge in [0.1, 0.15) is 5.75 Å². The Balaban J connectivity index is 1.54. The summed E-state index contributed by atoms with van der Waals surface area (Å²) in [5, 5.41) is 12.4. The fourth-order valence-electron chi connectivity index (χ4n) is 7.99. The van der Waals surface area contributed by atoms with Gasteiger partial charge in [-0.2, -0.15) is 0 Å². The maximum absolute atomic E-state index is 12.4. The van der Waals surface area contributed by atoms with Crippen LogP contribution in [0.25, 0.3) is 11.1 Å². The predicted octanol–water partition coefficient (Wildman–Crippen LogP) is 11.6. The van der Waals surface area contributed by atoms with Gasteiger partial charge in [0, 0.05) is 22.5 Å². The van der Waals surface area contributed by atoms with Crippen LogP contribution in [0.5, 0.6) is 5.75 Å². The highest BCUT2D eigenvalue weighted by atomic mass is 16.3. The van der Waals surface area contributed by atoms with Gasteiger partial charge < -0.3 is 5.11 Å². The molecule has 41 heavy (non-hydrogen) atoms. The third-order valence-electron chi connectivity index (χ3n) is 10.3. The average Bonchev–Trinajstić information content (AvgIpc) is 3.30. The van der Waals surface area contributed by atoms with E-state index in [2.05, 4.69) is 86.6 Å². The molecule has 0 aromatic heterocycles. The summed E-state index contributed by atoms with van der Waals surface area (Å²) in [5.74, 6) is 0.748. The van der Waals surface area contributed by atoms with E-state index in [-0.39, 0.29) is 11.3 Å². The number of fused-ring (bicyclic) bond motifs is 1. The molecule has 0 heterocycles. The first-order chi connectivity index (χ1) is 20.1. The first kappa shape index (κ1) is 28.1. The topological polar surface area (TPSA) is 20.2 Å². The highest BCUT2D eigenvalue weighted by molar-refractivity contribution is 5.72. The van der Waals surface area contributed by atoms with Crippen molar-refractivity contribution < 1.29 is 5.11 Å². The molecule has 1 nitrogen and oxygen atoms in total. The molecule has 0 fully saturated rings. The quantitative estimate of drug-likeness (QED) is 0.346. The molecular formula is C40H48O. The zero-order valence-electron chi connectivity index (χ0n) is 25.4. The van der Waals surface area contributed by atoms with Crippen LogP contribution < -0.4 is 0 Å². The number of hydrogen-bond acceptors (Lipinski definition) is 1. The van der Waals surface area contributed by atoms with Crippen LogP contribution in [0.1, 0.15) is 126 Å². The van der Waals surface area contributed by atoms with Crippen LogP contribution in [0.2, 0.25) is 0 Å². The summed E-state index contributed by atoms with van der Waals surface area (Å²) >= 11 is 0. The van der Waals surface area contributed by atoms with Crippen molar-refractivity contribution in [1.29, 1.82) is 0 Å². The van der Waals surface area contributed by atoms with Gasteiger partial charge in [0.2, 0.25) is 0 Å². The number of rotatable bonds is 4. The molecule has 6 rings (SSSR count). The van der Waals surface area contributed by atoms with Crippen molar-refractivity contribution in [2.45, 2.75) is 115 Å². The van der Waals surface area contributed by atoms with Crippen LogP contribution in [0.3, 0.4) is 0 Å². The SMILES string of the molecule is CC(C)(c1ccccc1)c1cc(-c2ccccc2)cc(C2C3=C(CCCCCCCCCC3)C3=C2CCCC3)c1O. The zero-order valence-corrected chi connectivity index (χ0v) is 25.4. The van der Waals surface area contributed by atoms with Gasteiger partial charge in [0.25, 0.3) is 0 Å². The normalized spacial score (nSPS) is 20.7. The van der Waals surface area contributed by atoms with E-state index in [0.717, 1.165) is 11.1 Å². The van der Waals surface area contributed by atoms with Crippen molar-refractivity contribution in [3.8, 4) is 16.9 Å². The van der Waals surface area contributed by atoms with E-state index in [1.165, 1.54) is 107 Å². The average molecular weight is 545 g/mol. The first-order valence-corrected chi connectivity index (χ1v) is 16.5. The predicted molar refractivity (Wildman–Crippen MR) is 174 cm³/mol. The largest absolute Gasteiger partial charge is 0.507 e. The lowest BCUT2D eigenvalue weighted by Crippen LogP contribution is -2.20. The number of allylic oxidation sites excluding steroid dienone is 4. The lowest BCUT2D eigenvalue weighted by Gasteiger charge is -2.31. The van der Waals surface area contributed by atoms with Crippen molar-refractivity contribution in [2.24, 2.45) is 0 Å². The molecule has 3 aromatic rings. The molecule has 0 saturated carbocycles. The van der Waals surface area contributed by atoms with Crippen molar-refractivity contribution in [3.05, 3.63) is 112 Å². The summed E-state index contributed by atoms with van der Waals surface area (Å²) in [4.78, 5) is 0. The Morgan fingerprint density at radius 1 is 0.561 bits per heavy atom. The fourth-order valence-corrected chi connectivity index (χ4v) is 7.99. The van der Waals surface area contributed by atoms with Gasteiger partial charge >= 0.3 is 0 Å². The fraction of sp³-hybridized carbons (Fsp3) is 0.450. The molecule has 214 valence electrons. The van der Waals surface area contributed by atoms with Gasteiger partial charge in [-0.3, -0.25) is 0 Å². The number of phenols is 1. The Morgan fingerprint density at radius 3 is 1.66 bits per heavy atom. The summed E-state index contributed by atoms with van der Waals surface area (Å²) in [6.07, 6.45) is 18.2. The van der Waals surface area contributed by atoms with Gasteiger partial charge in [-0.15, -0.1) is 0 Å². The van der Waals surface area contributed by atoms with Gasteiger partial charge in [-0.1, -0.05) is 124 Å². The van der Waals surface area contributed by atoms with E-state index >= 15 is 0 Å². The second-order valence-electron chi connectivity index (χ2n) is 13.3. The van der Waals surface area contributed by atoms with Gasteiger partial charge in [0.15, 0.2) is 0 Å². The number of aromatic hydroxyl groups is 1. The smallest absolute Gasteiger partial charge is 0.123 e. The molecule has 3 aliphatic rings. The minimum Gasteiger partial charge on any atom is -0.507 e. The standard InChI is InChI=1S/C40H48O/c1-40(2,31-21-13-10-14-22-31)37-28-30(29-19-11-9-12-20-29)27-36(39(37)41)38-34-25-16-8-6-4-3-5-7-15-23-32(34)33-24-17-18-26-35(33)38/h9-14,19-22,27-28,38,41H,3-8,15-18,23-26H2,1-2H3. The summed E-state index contributed by atoms with van der Waals surface area (Å²) < 4.78 is 0. The Hall–Kier alpha value is -3.06. The van der Waals surface area contributed by atoms with Crippen molar-refractivity contribution in [2.75, 3.05) is 0 Å². The van der Waals surface area contributed by atoms with E-state index in [1.54, 1.807) is 22.3 Å². The van der Waals surface area contributed by atoms with E-state index < -0.39 is 0 Å². The summed E-state index contributed by atoms with van der Waals surface area (Å²) in [5.41, 5.74) is 12.2. The molecule has 3 aliphatic carbocycles. The third-order valence-corrected chi connectivity index (χ3v) is 10.3. The Labute approximate surface area is 248 Å². The molecule has 0 aliphatic heterocycles. The van der Waals surface area contributed by atoms with Crippen molar-refractivity contribution in [3.63, 3.8) is 0 Å². The number of hydrogen-bond donors (Lipinski definition) is 1. The van der Waals surface area contributed by atoms with Crippen LogP contribution in [-0.2, 0) is 5.41 Å². The molecule has 1 heteroatoms. The summed E-state index contributed by atoms with van der Waals surface area (Å²) in [7, 11) is 0. The maximum atomic E-state index is 12.4. The number of benzene rings is 3. The van der Waals surface area contributed by atoms with Gasteiger partial charge in [-0.25, -0.2) is 0 Å². The molecule has 1 atom stereocenters. The summed E-state index contributed by atoms with van der Waals surface area (Å²) in [6.45, 7) is 4.55. The van der Waals surface area contributed by atoms with Crippen molar-refractivity contribution in [1.82, 2.24) is 0 Å². The summed E-state index contributed by atoms with van der Waals surface area (Å²) in [6, 6.07) is 26.2. The van der Waals surface area contributed by atoms with Crippen LogP contribution in [0.15, 0.2) is 95.1 Å². The van der Waals surface area contributed by atoms with Crippen LogP contribution >= 0.6 is 0 Å². The molecule has 0 bridgehead atoms. The maximum Gasteiger partial charge on any atom is 0.123 e. The van der Waals surface area contributed by atoms with Crippen LogP contribution in [0, 0.1) is 0 Å².